The molecule has 1 aliphatic heterocycles. The molecule has 216 valence electrons. The van der Waals surface area contributed by atoms with Crippen LogP contribution in [-0.2, 0) is 13.0 Å². The van der Waals surface area contributed by atoms with Crippen molar-refractivity contribution in [2.24, 2.45) is 0 Å². The van der Waals surface area contributed by atoms with E-state index in [-0.39, 0.29) is 18.2 Å². The summed E-state index contributed by atoms with van der Waals surface area (Å²) in [6.45, 7) is 2.94. The van der Waals surface area contributed by atoms with Gasteiger partial charge in [-0.25, -0.2) is 9.97 Å². The average Bonchev–Trinajstić information content (AvgIpc) is 3.65. The number of aliphatic hydroxyl groups is 1. The smallest absolute Gasteiger partial charge is 0.270 e. The van der Waals surface area contributed by atoms with E-state index >= 15 is 0 Å². The fraction of sp³-hybridized carbons (Fsp3) is 0.257. The van der Waals surface area contributed by atoms with Crippen molar-refractivity contribution in [3.63, 3.8) is 0 Å². The molecule has 3 aromatic carbocycles. The van der Waals surface area contributed by atoms with E-state index in [9.17, 15) is 9.90 Å². The van der Waals surface area contributed by atoms with Gasteiger partial charge in [0.2, 0.25) is 0 Å². The van der Waals surface area contributed by atoms with Gasteiger partial charge in [0.25, 0.3) is 5.56 Å². The molecule has 0 spiro atoms. The largest absolute Gasteiger partial charge is 0.395 e. The van der Waals surface area contributed by atoms with Gasteiger partial charge < -0.3 is 14.7 Å². The lowest BCUT2D eigenvalue weighted by molar-refractivity contribution is 0.156. The van der Waals surface area contributed by atoms with Crippen LogP contribution in [0.3, 0.4) is 0 Å². The van der Waals surface area contributed by atoms with Gasteiger partial charge >= 0.3 is 0 Å². The summed E-state index contributed by atoms with van der Waals surface area (Å²) < 4.78 is 2.28. The molecule has 0 amide bonds. The number of nitrogens with zero attached hydrogens (tertiary/aromatic N) is 5. The molecule has 0 saturated carbocycles. The first-order valence-corrected chi connectivity index (χ1v) is 15.0. The molecule has 8 nitrogen and oxygen atoms in total. The molecule has 2 N–H and O–H groups in total. The number of imidazole rings is 1. The molecule has 0 aliphatic carbocycles. The Morgan fingerprint density at radius 1 is 0.860 bits per heavy atom. The molecule has 43 heavy (non-hydrogen) atoms. The first kappa shape index (κ1) is 27.2. The number of aliphatic hydroxyl groups excluding tert-OH is 1. The molecule has 1 aliphatic rings. The Hall–Kier alpha value is -4.66. The van der Waals surface area contributed by atoms with Gasteiger partial charge in [0.1, 0.15) is 11.5 Å². The molecular formula is C35H34N6O2. The minimum Gasteiger partial charge on any atom is -0.395 e. The minimum absolute atomic E-state index is 0.175. The fourth-order valence-electron chi connectivity index (χ4n) is 6.28. The summed E-state index contributed by atoms with van der Waals surface area (Å²) in [6, 6.07) is 26.7. The van der Waals surface area contributed by atoms with Crippen molar-refractivity contribution in [1.29, 1.82) is 0 Å². The number of likely N-dealkylation sites (tertiary alicyclic amines) is 1. The molecule has 8 heteroatoms. The average molecular weight is 571 g/mol. The number of aromatic nitrogens is 5. The minimum atomic E-state index is -0.175. The highest BCUT2D eigenvalue weighted by Gasteiger charge is 2.23. The Bertz CT molecular complexity index is 1920. The second-order valence-electron chi connectivity index (χ2n) is 11.3. The second kappa shape index (κ2) is 11.9. The summed E-state index contributed by atoms with van der Waals surface area (Å²) in [5.41, 5.74) is 7.88. The third kappa shape index (κ3) is 5.59. The number of benzene rings is 3. The number of aryl methyl sites for hydroxylation is 1. The Morgan fingerprint density at radius 3 is 2.42 bits per heavy atom. The van der Waals surface area contributed by atoms with Crippen molar-refractivity contribution >= 4 is 22.1 Å². The predicted molar refractivity (Wildman–Crippen MR) is 170 cm³/mol. The number of pyridine rings is 1. The van der Waals surface area contributed by atoms with E-state index in [1.54, 1.807) is 12.4 Å². The highest BCUT2D eigenvalue weighted by Crippen LogP contribution is 2.30. The maximum atomic E-state index is 13.0. The maximum absolute atomic E-state index is 13.0. The van der Waals surface area contributed by atoms with Crippen LogP contribution in [0.1, 0.15) is 30.5 Å². The van der Waals surface area contributed by atoms with Crippen molar-refractivity contribution in [2.45, 2.75) is 38.3 Å². The number of hydrogen-bond acceptors (Lipinski definition) is 6. The van der Waals surface area contributed by atoms with Crippen molar-refractivity contribution in [1.82, 2.24) is 29.4 Å². The number of hydrogen-bond donors (Lipinski definition) is 2. The van der Waals surface area contributed by atoms with Crippen molar-refractivity contribution in [3.05, 3.63) is 113 Å². The Morgan fingerprint density at radius 2 is 1.63 bits per heavy atom. The summed E-state index contributed by atoms with van der Waals surface area (Å²) >= 11 is 0. The van der Waals surface area contributed by atoms with E-state index in [1.807, 2.05) is 48.5 Å². The number of rotatable bonds is 9. The fourth-order valence-corrected chi connectivity index (χ4v) is 6.28. The summed E-state index contributed by atoms with van der Waals surface area (Å²) in [6.07, 6.45) is 7.20. The summed E-state index contributed by atoms with van der Waals surface area (Å²) in [5, 5.41) is 9.80. The molecule has 1 saturated heterocycles. The van der Waals surface area contributed by atoms with E-state index in [2.05, 4.69) is 49.8 Å². The molecule has 7 rings (SSSR count). The van der Waals surface area contributed by atoms with Crippen molar-refractivity contribution in [2.75, 3.05) is 19.7 Å². The molecular weight excluding hydrogens is 536 g/mol. The monoisotopic (exact) mass is 570 g/mol. The van der Waals surface area contributed by atoms with Crippen LogP contribution >= 0.6 is 0 Å². The van der Waals surface area contributed by atoms with Gasteiger partial charge in [-0.15, -0.1) is 0 Å². The van der Waals surface area contributed by atoms with Gasteiger partial charge in [-0.3, -0.25) is 14.7 Å². The molecule has 1 atom stereocenters. The van der Waals surface area contributed by atoms with E-state index in [0.717, 1.165) is 83.5 Å². The van der Waals surface area contributed by atoms with Crippen LogP contribution < -0.4 is 5.56 Å². The number of H-pyrrole nitrogens is 1. The van der Waals surface area contributed by atoms with Crippen LogP contribution in [-0.4, -0.2) is 60.2 Å². The molecule has 3 aromatic heterocycles. The molecule has 4 heterocycles. The van der Waals surface area contributed by atoms with Gasteiger partial charge in [0.15, 0.2) is 0 Å². The lowest BCUT2D eigenvalue weighted by Gasteiger charge is -2.22. The molecule has 1 unspecified atom stereocenters. The third-order valence-electron chi connectivity index (χ3n) is 8.54. The quantitative estimate of drug-likeness (QED) is 0.240. The predicted octanol–water partition coefficient (Wildman–Crippen LogP) is 5.44. The highest BCUT2D eigenvalue weighted by atomic mass is 16.3. The van der Waals surface area contributed by atoms with Crippen LogP contribution in [0, 0.1) is 0 Å². The first-order valence-electron chi connectivity index (χ1n) is 15.0. The molecule has 0 bridgehead atoms. The van der Waals surface area contributed by atoms with Gasteiger partial charge in [-0.05, 0) is 66.8 Å². The van der Waals surface area contributed by atoms with Crippen molar-refractivity contribution < 1.29 is 5.11 Å². The Labute approximate surface area is 249 Å². The van der Waals surface area contributed by atoms with E-state index < -0.39 is 0 Å². The summed E-state index contributed by atoms with van der Waals surface area (Å²) in [4.78, 5) is 32.5. The lowest BCUT2D eigenvalue weighted by Crippen LogP contribution is -2.33. The standard InChI is InChI=1S/C35H34N6O2/c42-23-28-8-4-17-40(28)18-5-19-41-33-22-30-29(39-35(43)32(37-30)20-24-6-2-1-3-7-24)21-31(33)38-34(41)27-11-9-25(10-12-27)26-13-15-36-16-14-26/h1-3,6-7,9-16,21-22,28,42H,4-5,8,17-20,23H2,(H,39,43). The van der Waals surface area contributed by atoms with Crippen LogP contribution in [0.2, 0.25) is 0 Å². The van der Waals surface area contributed by atoms with Crippen LogP contribution in [0.25, 0.3) is 44.6 Å². The SMILES string of the molecule is O=c1[nH]c2cc3nc(-c4ccc(-c5ccncc5)cc4)n(CCCN4CCCC4CO)c3cc2nc1Cc1ccccc1. The zero-order valence-corrected chi connectivity index (χ0v) is 24.0. The molecule has 1 fully saturated rings. The number of nitrogens with one attached hydrogen (secondary N) is 1. The van der Waals surface area contributed by atoms with Gasteiger partial charge in [-0.1, -0.05) is 54.6 Å². The Kier molecular flexibility index (Phi) is 7.53. The van der Waals surface area contributed by atoms with E-state index in [1.165, 1.54) is 0 Å². The third-order valence-corrected chi connectivity index (χ3v) is 8.54. The van der Waals surface area contributed by atoms with Crippen LogP contribution in [0.4, 0.5) is 0 Å². The zero-order chi connectivity index (χ0) is 29.2. The van der Waals surface area contributed by atoms with Gasteiger partial charge in [-0.2, -0.15) is 0 Å². The van der Waals surface area contributed by atoms with E-state index in [0.29, 0.717) is 17.6 Å². The van der Waals surface area contributed by atoms with Gasteiger partial charge in [0.05, 0.1) is 28.7 Å². The Balaban J connectivity index is 1.27. The lowest BCUT2D eigenvalue weighted by atomic mass is 10.0. The summed E-state index contributed by atoms with van der Waals surface area (Å²) in [5.74, 6) is 0.888. The molecule has 6 aromatic rings. The molecule has 0 radical (unpaired) electrons. The van der Waals surface area contributed by atoms with E-state index in [4.69, 9.17) is 9.97 Å². The number of fused-ring (bicyclic) bond motifs is 2. The number of aromatic amines is 1. The van der Waals surface area contributed by atoms with Crippen LogP contribution in [0.15, 0.2) is 96.1 Å². The van der Waals surface area contributed by atoms with Gasteiger partial charge in [0, 0.05) is 43.5 Å². The van der Waals surface area contributed by atoms with Crippen LogP contribution in [0.5, 0.6) is 0 Å². The maximum Gasteiger partial charge on any atom is 0.270 e. The second-order valence-corrected chi connectivity index (χ2v) is 11.3. The summed E-state index contributed by atoms with van der Waals surface area (Å²) in [7, 11) is 0. The topological polar surface area (TPSA) is 99.9 Å². The zero-order valence-electron chi connectivity index (χ0n) is 24.0. The first-order chi connectivity index (χ1) is 21.2. The normalized spacial score (nSPS) is 15.5. The highest BCUT2D eigenvalue weighted by molar-refractivity contribution is 5.93. The van der Waals surface area contributed by atoms with Crippen molar-refractivity contribution in [3.8, 4) is 22.5 Å².